The van der Waals surface area contributed by atoms with E-state index in [1.54, 1.807) is 36.4 Å². The highest BCUT2D eigenvalue weighted by atomic mass is 32.2. The molecule has 3 aromatic rings. The van der Waals surface area contributed by atoms with Gasteiger partial charge in [-0.05, 0) is 57.2 Å². The van der Waals surface area contributed by atoms with E-state index in [1.807, 2.05) is 57.2 Å². The Kier molecular flexibility index (Phi) is 12.9. The number of aryl methyl sites for hydroxylation is 1. The molecule has 0 saturated heterocycles. The number of carbonyl (C=O) groups is 2. The average molecular weight is 558 g/mol. The van der Waals surface area contributed by atoms with Crippen LogP contribution in [0.2, 0.25) is 0 Å². The van der Waals surface area contributed by atoms with Gasteiger partial charge in [-0.25, -0.2) is 18.0 Å². The number of ether oxygens (including phenoxy) is 2. The van der Waals surface area contributed by atoms with Crippen LogP contribution in [0.5, 0.6) is 0 Å². The normalized spacial score (nSPS) is 10.8. The fourth-order valence-corrected chi connectivity index (χ4v) is 3.99. The molecule has 3 N–H and O–H groups in total. The van der Waals surface area contributed by atoms with Gasteiger partial charge in [-0.3, -0.25) is 10.6 Å². The molecule has 0 aliphatic carbocycles. The van der Waals surface area contributed by atoms with Gasteiger partial charge in [0.25, 0.3) is 0 Å². The van der Waals surface area contributed by atoms with E-state index < -0.39 is 22.3 Å². The van der Waals surface area contributed by atoms with Gasteiger partial charge in [0, 0.05) is 11.4 Å². The topological polar surface area (TPSA) is 138 Å². The monoisotopic (exact) mass is 557 g/mol. The highest BCUT2D eigenvalue weighted by Crippen LogP contribution is 2.09. The lowest BCUT2D eigenvalue weighted by Crippen LogP contribution is -3.16. The molecular formula is C28H35N3O7S. The lowest BCUT2D eigenvalue weighted by molar-refractivity contribution is -0.922. The molecule has 3 aromatic carbocycles. The van der Waals surface area contributed by atoms with Crippen molar-refractivity contribution in [3.8, 4) is 0 Å². The van der Waals surface area contributed by atoms with Crippen LogP contribution in [0, 0.1) is 6.92 Å². The summed E-state index contributed by atoms with van der Waals surface area (Å²) in [4.78, 5) is 25.1. The number of hydrogen-bond acceptors (Lipinski definition) is 7. The number of para-hydroxylation sites is 2. The number of quaternary nitrogens is 1. The number of rotatable bonds is 10. The minimum Gasteiger partial charge on any atom is -0.744 e. The Labute approximate surface area is 229 Å². The summed E-state index contributed by atoms with van der Waals surface area (Å²) in [7, 11) is -4.27. The van der Waals surface area contributed by atoms with Crippen LogP contribution in [0.25, 0.3) is 0 Å². The first-order valence-corrected chi connectivity index (χ1v) is 13.9. The minimum atomic E-state index is -4.27. The van der Waals surface area contributed by atoms with Gasteiger partial charge in [0.2, 0.25) is 0 Å². The van der Waals surface area contributed by atoms with Crippen molar-refractivity contribution >= 4 is 33.7 Å². The van der Waals surface area contributed by atoms with Gasteiger partial charge in [0.05, 0.1) is 18.0 Å². The maximum atomic E-state index is 12.0. The Morgan fingerprint density at radius 3 is 1.54 bits per heavy atom. The van der Waals surface area contributed by atoms with Crippen molar-refractivity contribution < 1.29 is 36.9 Å². The van der Waals surface area contributed by atoms with Crippen LogP contribution >= 0.6 is 0 Å². The fourth-order valence-electron chi connectivity index (χ4n) is 3.52. The molecule has 0 radical (unpaired) electrons. The number of carbonyl (C=O) groups excluding carboxylic acids is 2. The third kappa shape index (κ3) is 12.0. The summed E-state index contributed by atoms with van der Waals surface area (Å²) in [5.41, 5.74) is 2.26. The van der Waals surface area contributed by atoms with E-state index in [2.05, 4.69) is 10.6 Å². The van der Waals surface area contributed by atoms with Crippen LogP contribution < -0.4 is 15.5 Å². The van der Waals surface area contributed by atoms with E-state index >= 15 is 0 Å². The predicted octanol–water partition coefficient (Wildman–Crippen LogP) is 3.68. The molecule has 0 saturated carbocycles. The third-order valence-corrected chi connectivity index (χ3v) is 6.52. The first-order chi connectivity index (χ1) is 18.6. The van der Waals surface area contributed by atoms with Gasteiger partial charge in [0.1, 0.15) is 23.3 Å². The summed E-state index contributed by atoms with van der Waals surface area (Å²) in [6.45, 7) is 7.85. The molecule has 0 heterocycles. The average Bonchev–Trinajstić information content (AvgIpc) is 2.91. The van der Waals surface area contributed by atoms with E-state index in [-0.39, 0.29) is 24.2 Å². The summed E-state index contributed by atoms with van der Waals surface area (Å²) >= 11 is 0. The Morgan fingerprint density at radius 1 is 0.769 bits per heavy atom. The van der Waals surface area contributed by atoms with Crippen molar-refractivity contribution in [3.05, 3.63) is 90.5 Å². The first kappa shape index (κ1) is 31.3. The van der Waals surface area contributed by atoms with Gasteiger partial charge in [-0.2, -0.15) is 0 Å². The number of amides is 2. The quantitative estimate of drug-likeness (QED) is 0.323. The molecule has 0 aliphatic heterocycles. The Hall–Kier alpha value is -3.93. The van der Waals surface area contributed by atoms with Gasteiger partial charge in [-0.1, -0.05) is 54.1 Å². The SMILES string of the molecule is CC[NH+](CC)C(COC(=O)Nc1ccccc1)COC(=O)Nc1ccccc1.Cc1ccc(S(=O)(=O)[O-])cc1. The van der Waals surface area contributed by atoms with Crippen LogP contribution in [0.1, 0.15) is 19.4 Å². The van der Waals surface area contributed by atoms with Crippen molar-refractivity contribution in [2.75, 3.05) is 36.9 Å². The van der Waals surface area contributed by atoms with Crippen LogP contribution in [0.4, 0.5) is 21.0 Å². The van der Waals surface area contributed by atoms with Gasteiger partial charge < -0.3 is 18.9 Å². The second-order valence-corrected chi connectivity index (χ2v) is 9.89. The molecule has 3 rings (SSSR count). The molecule has 2 amide bonds. The Morgan fingerprint density at radius 2 is 1.18 bits per heavy atom. The highest BCUT2D eigenvalue weighted by molar-refractivity contribution is 7.85. The van der Waals surface area contributed by atoms with E-state index in [1.165, 1.54) is 17.0 Å². The van der Waals surface area contributed by atoms with Crippen LogP contribution in [0.3, 0.4) is 0 Å². The number of hydrogen-bond donors (Lipinski definition) is 3. The number of benzene rings is 3. The molecule has 0 unspecified atom stereocenters. The summed E-state index contributed by atoms with van der Waals surface area (Å²) in [6, 6.07) is 23.8. The molecule has 0 fully saturated rings. The lowest BCUT2D eigenvalue weighted by atomic mass is 10.2. The van der Waals surface area contributed by atoms with E-state index in [4.69, 9.17) is 9.47 Å². The van der Waals surface area contributed by atoms with E-state index in [0.717, 1.165) is 18.7 Å². The van der Waals surface area contributed by atoms with Crippen LogP contribution in [-0.4, -0.2) is 57.5 Å². The molecule has 11 heteroatoms. The summed E-state index contributed by atoms with van der Waals surface area (Å²) < 4.78 is 41.9. The zero-order valence-corrected chi connectivity index (χ0v) is 23.1. The van der Waals surface area contributed by atoms with Crippen LogP contribution in [-0.2, 0) is 19.6 Å². The number of nitrogens with one attached hydrogen (secondary N) is 3. The molecule has 0 atom stereocenters. The molecular weight excluding hydrogens is 522 g/mol. The molecule has 0 bridgehead atoms. The molecule has 0 aromatic heterocycles. The summed E-state index contributed by atoms with van der Waals surface area (Å²) in [5.74, 6) is 0. The summed E-state index contributed by atoms with van der Waals surface area (Å²) in [6.07, 6.45) is -1.06. The number of likely N-dealkylation sites (N-methyl/N-ethyl adjacent to an activating group) is 1. The molecule has 0 spiro atoms. The van der Waals surface area contributed by atoms with Crippen molar-refractivity contribution in [2.45, 2.75) is 31.7 Å². The van der Waals surface area contributed by atoms with Crippen molar-refractivity contribution in [2.24, 2.45) is 0 Å². The van der Waals surface area contributed by atoms with Crippen molar-refractivity contribution in [1.29, 1.82) is 0 Å². The standard InChI is InChI=1S/C21H27N3O4.C7H8O3S/c1-3-24(4-2)19(15-27-20(25)22-17-11-7-5-8-12-17)16-28-21(26)23-18-13-9-6-10-14-18;1-6-2-4-7(5-3-6)11(8,9)10/h5-14,19H,3-4,15-16H2,1-2H3,(H,22,25)(H,23,26);2-5H,1H3,(H,8,9,10). The van der Waals surface area contributed by atoms with Crippen molar-refractivity contribution in [1.82, 2.24) is 0 Å². The van der Waals surface area contributed by atoms with Crippen molar-refractivity contribution in [3.63, 3.8) is 0 Å². The fraction of sp³-hybridized carbons (Fsp3) is 0.286. The largest absolute Gasteiger partial charge is 0.744 e. The van der Waals surface area contributed by atoms with Gasteiger partial charge in [0.15, 0.2) is 6.04 Å². The third-order valence-electron chi connectivity index (χ3n) is 5.67. The molecule has 39 heavy (non-hydrogen) atoms. The van der Waals surface area contributed by atoms with Gasteiger partial charge >= 0.3 is 12.2 Å². The maximum absolute atomic E-state index is 12.0. The Balaban J connectivity index is 0.000000404. The van der Waals surface area contributed by atoms with E-state index in [9.17, 15) is 22.6 Å². The number of anilines is 2. The van der Waals surface area contributed by atoms with Crippen LogP contribution in [0.15, 0.2) is 89.8 Å². The second-order valence-electron chi connectivity index (χ2n) is 8.51. The molecule has 0 aliphatic rings. The van der Waals surface area contributed by atoms with E-state index in [0.29, 0.717) is 11.4 Å². The second kappa shape index (κ2) is 16.1. The smallest absolute Gasteiger partial charge is 0.411 e. The predicted molar refractivity (Wildman–Crippen MR) is 148 cm³/mol. The first-order valence-electron chi connectivity index (χ1n) is 12.5. The summed E-state index contributed by atoms with van der Waals surface area (Å²) in [5, 5.41) is 5.36. The maximum Gasteiger partial charge on any atom is 0.411 e. The Bertz CT molecular complexity index is 1190. The lowest BCUT2D eigenvalue weighted by Gasteiger charge is -2.26. The zero-order chi connectivity index (χ0) is 28.7. The van der Waals surface area contributed by atoms with Gasteiger partial charge in [-0.15, -0.1) is 0 Å². The molecule has 10 nitrogen and oxygen atoms in total. The molecule has 210 valence electrons. The minimum absolute atomic E-state index is 0.147. The zero-order valence-electron chi connectivity index (χ0n) is 22.3. The highest BCUT2D eigenvalue weighted by Gasteiger charge is 2.23.